The first-order chi connectivity index (χ1) is 13.6. The molecule has 3 rings (SSSR count). The van der Waals surface area contributed by atoms with Gasteiger partial charge >= 0.3 is 6.03 Å². The molecular formula is C23H29N3O2. The first-order valence-corrected chi connectivity index (χ1v) is 10.0. The van der Waals surface area contributed by atoms with E-state index in [0.29, 0.717) is 39.1 Å². The van der Waals surface area contributed by atoms with Gasteiger partial charge in [-0.1, -0.05) is 60.2 Å². The average molecular weight is 380 g/mol. The Kier molecular flexibility index (Phi) is 7.06. The minimum atomic E-state index is -0.0290. The normalized spacial score (nSPS) is 14.0. The van der Waals surface area contributed by atoms with E-state index >= 15 is 0 Å². The van der Waals surface area contributed by atoms with Crippen LogP contribution in [-0.2, 0) is 17.6 Å². The van der Waals surface area contributed by atoms with Crippen LogP contribution in [0.25, 0.3) is 0 Å². The molecule has 148 valence electrons. The summed E-state index contributed by atoms with van der Waals surface area (Å²) in [5.74, 6) is 0.131. The molecule has 2 aromatic rings. The quantitative estimate of drug-likeness (QED) is 0.785. The summed E-state index contributed by atoms with van der Waals surface area (Å²) < 4.78 is 0. The topological polar surface area (TPSA) is 52.7 Å². The van der Waals surface area contributed by atoms with Crippen LogP contribution in [0.4, 0.5) is 4.79 Å². The molecule has 0 aliphatic carbocycles. The van der Waals surface area contributed by atoms with Gasteiger partial charge in [-0.15, -0.1) is 0 Å². The van der Waals surface area contributed by atoms with Crippen molar-refractivity contribution in [2.75, 3.05) is 32.7 Å². The molecule has 0 unspecified atom stereocenters. The summed E-state index contributed by atoms with van der Waals surface area (Å²) in [5.41, 5.74) is 3.52. The van der Waals surface area contributed by atoms with Crippen LogP contribution in [0, 0.1) is 6.92 Å². The molecule has 0 spiro atoms. The number of piperazine rings is 1. The third-order valence-electron chi connectivity index (χ3n) is 5.16. The van der Waals surface area contributed by atoms with E-state index in [1.54, 1.807) is 4.90 Å². The van der Waals surface area contributed by atoms with Crippen LogP contribution in [0.2, 0.25) is 0 Å². The SMILES string of the molecule is Cc1ccc(CC(=O)N2CCN(C(=O)NCCCc3ccccc3)CC2)cc1. The Hall–Kier alpha value is -2.82. The zero-order valence-electron chi connectivity index (χ0n) is 16.6. The maximum absolute atomic E-state index is 12.5. The smallest absolute Gasteiger partial charge is 0.317 e. The van der Waals surface area contributed by atoms with Gasteiger partial charge in [0, 0.05) is 32.7 Å². The van der Waals surface area contributed by atoms with Gasteiger partial charge in [0.15, 0.2) is 0 Å². The van der Waals surface area contributed by atoms with Gasteiger partial charge in [0.05, 0.1) is 6.42 Å². The standard InChI is InChI=1S/C23H29N3O2/c1-19-9-11-21(12-10-19)18-22(27)25-14-16-26(17-15-25)23(28)24-13-5-8-20-6-3-2-4-7-20/h2-4,6-7,9-12H,5,8,13-18H2,1H3,(H,24,28). The molecule has 1 heterocycles. The molecule has 1 fully saturated rings. The Bertz CT molecular complexity index is 766. The van der Waals surface area contributed by atoms with E-state index < -0.39 is 0 Å². The summed E-state index contributed by atoms with van der Waals surface area (Å²) in [4.78, 5) is 28.5. The Morgan fingerprint density at radius 1 is 0.857 bits per heavy atom. The highest BCUT2D eigenvalue weighted by atomic mass is 16.2. The van der Waals surface area contributed by atoms with Gasteiger partial charge in [-0.25, -0.2) is 4.79 Å². The fourth-order valence-electron chi connectivity index (χ4n) is 3.40. The number of rotatable bonds is 6. The second kappa shape index (κ2) is 9.93. The second-order valence-electron chi connectivity index (χ2n) is 7.35. The highest BCUT2D eigenvalue weighted by Gasteiger charge is 2.23. The number of hydrogen-bond donors (Lipinski definition) is 1. The monoisotopic (exact) mass is 379 g/mol. The highest BCUT2D eigenvalue weighted by molar-refractivity contribution is 5.79. The second-order valence-corrected chi connectivity index (χ2v) is 7.35. The van der Waals surface area contributed by atoms with Crippen molar-refractivity contribution in [1.82, 2.24) is 15.1 Å². The predicted octanol–water partition coefficient (Wildman–Crippen LogP) is 3.02. The lowest BCUT2D eigenvalue weighted by Gasteiger charge is -2.34. The molecule has 0 bridgehead atoms. The summed E-state index contributed by atoms with van der Waals surface area (Å²) in [6.07, 6.45) is 2.30. The van der Waals surface area contributed by atoms with Crippen LogP contribution in [0.1, 0.15) is 23.1 Å². The molecule has 1 aliphatic rings. The maximum atomic E-state index is 12.5. The molecule has 1 saturated heterocycles. The number of urea groups is 1. The van der Waals surface area contributed by atoms with E-state index in [2.05, 4.69) is 17.4 Å². The molecule has 1 N–H and O–H groups in total. The summed E-state index contributed by atoms with van der Waals surface area (Å²) in [6, 6.07) is 18.3. The van der Waals surface area contributed by atoms with Gasteiger partial charge in [-0.3, -0.25) is 4.79 Å². The van der Waals surface area contributed by atoms with Gasteiger partial charge in [0.25, 0.3) is 0 Å². The summed E-state index contributed by atoms with van der Waals surface area (Å²) in [6.45, 7) is 5.08. The van der Waals surface area contributed by atoms with Crippen molar-refractivity contribution in [3.05, 3.63) is 71.3 Å². The number of carbonyl (C=O) groups excluding carboxylic acids is 2. The van der Waals surface area contributed by atoms with Gasteiger partial charge < -0.3 is 15.1 Å². The Balaban J connectivity index is 1.35. The van der Waals surface area contributed by atoms with Crippen LogP contribution in [0.3, 0.4) is 0 Å². The Morgan fingerprint density at radius 2 is 1.50 bits per heavy atom. The van der Waals surface area contributed by atoms with Crippen LogP contribution in [-0.4, -0.2) is 54.5 Å². The predicted molar refractivity (Wildman–Crippen MR) is 111 cm³/mol. The van der Waals surface area contributed by atoms with Crippen LogP contribution in [0.5, 0.6) is 0 Å². The summed E-state index contributed by atoms with van der Waals surface area (Å²) in [7, 11) is 0. The number of nitrogens with zero attached hydrogens (tertiary/aromatic N) is 2. The molecule has 0 aromatic heterocycles. The van der Waals surface area contributed by atoms with Gasteiger partial charge in [0.2, 0.25) is 5.91 Å². The Labute approximate surface area is 167 Å². The third-order valence-corrected chi connectivity index (χ3v) is 5.16. The van der Waals surface area contributed by atoms with Gasteiger partial charge in [-0.2, -0.15) is 0 Å². The van der Waals surface area contributed by atoms with E-state index in [9.17, 15) is 9.59 Å². The van der Waals surface area contributed by atoms with E-state index in [0.717, 1.165) is 18.4 Å². The molecule has 2 aromatic carbocycles. The Morgan fingerprint density at radius 3 is 2.18 bits per heavy atom. The molecular weight excluding hydrogens is 350 g/mol. The molecule has 0 saturated carbocycles. The molecule has 0 atom stereocenters. The van der Waals surface area contributed by atoms with E-state index in [1.807, 2.05) is 54.3 Å². The van der Waals surface area contributed by atoms with Crippen molar-refractivity contribution in [1.29, 1.82) is 0 Å². The number of hydrogen-bond acceptors (Lipinski definition) is 2. The number of benzene rings is 2. The lowest BCUT2D eigenvalue weighted by atomic mass is 10.1. The molecule has 1 aliphatic heterocycles. The number of amides is 3. The summed E-state index contributed by atoms with van der Waals surface area (Å²) in [5, 5.41) is 3.00. The van der Waals surface area contributed by atoms with Crippen molar-refractivity contribution in [3.63, 3.8) is 0 Å². The van der Waals surface area contributed by atoms with E-state index in [1.165, 1.54) is 11.1 Å². The third kappa shape index (κ3) is 5.84. The molecule has 0 radical (unpaired) electrons. The molecule has 5 heteroatoms. The minimum Gasteiger partial charge on any atom is -0.339 e. The average Bonchev–Trinajstić information content (AvgIpc) is 2.73. The highest BCUT2D eigenvalue weighted by Crippen LogP contribution is 2.09. The lowest BCUT2D eigenvalue weighted by Crippen LogP contribution is -2.53. The number of nitrogens with one attached hydrogen (secondary N) is 1. The first-order valence-electron chi connectivity index (χ1n) is 10.0. The fourth-order valence-corrected chi connectivity index (χ4v) is 3.40. The zero-order valence-corrected chi connectivity index (χ0v) is 16.6. The van der Waals surface area contributed by atoms with Crippen molar-refractivity contribution in [3.8, 4) is 0 Å². The fraction of sp³-hybridized carbons (Fsp3) is 0.391. The van der Waals surface area contributed by atoms with Crippen LogP contribution in [0.15, 0.2) is 54.6 Å². The first kappa shape index (κ1) is 19.9. The van der Waals surface area contributed by atoms with Gasteiger partial charge in [-0.05, 0) is 30.9 Å². The van der Waals surface area contributed by atoms with Crippen LogP contribution >= 0.6 is 0 Å². The number of carbonyl (C=O) groups is 2. The van der Waals surface area contributed by atoms with E-state index in [-0.39, 0.29) is 11.9 Å². The van der Waals surface area contributed by atoms with Crippen molar-refractivity contribution >= 4 is 11.9 Å². The minimum absolute atomic E-state index is 0.0290. The zero-order chi connectivity index (χ0) is 19.8. The van der Waals surface area contributed by atoms with Crippen molar-refractivity contribution < 1.29 is 9.59 Å². The van der Waals surface area contributed by atoms with Crippen molar-refractivity contribution in [2.45, 2.75) is 26.2 Å². The van der Waals surface area contributed by atoms with Crippen LogP contribution < -0.4 is 5.32 Å². The van der Waals surface area contributed by atoms with Gasteiger partial charge in [0.1, 0.15) is 0 Å². The molecule has 3 amide bonds. The number of aryl methyl sites for hydroxylation is 2. The summed E-state index contributed by atoms with van der Waals surface area (Å²) >= 11 is 0. The maximum Gasteiger partial charge on any atom is 0.317 e. The largest absolute Gasteiger partial charge is 0.339 e. The lowest BCUT2D eigenvalue weighted by molar-refractivity contribution is -0.131. The van der Waals surface area contributed by atoms with Crippen molar-refractivity contribution in [2.24, 2.45) is 0 Å². The van der Waals surface area contributed by atoms with E-state index in [4.69, 9.17) is 0 Å². The molecule has 5 nitrogen and oxygen atoms in total. The molecule has 28 heavy (non-hydrogen) atoms.